The van der Waals surface area contributed by atoms with E-state index in [1.807, 2.05) is 30.3 Å². The van der Waals surface area contributed by atoms with Crippen LogP contribution in [0.15, 0.2) is 36.4 Å². The van der Waals surface area contributed by atoms with Crippen LogP contribution in [0.4, 0.5) is 0 Å². The number of benzene rings is 1. The van der Waals surface area contributed by atoms with Crippen molar-refractivity contribution in [2.75, 3.05) is 27.4 Å². The Labute approximate surface area is 171 Å². The van der Waals surface area contributed by atoms with Gasteiger partial charge in [-0.1, -0.05) is 32.9 Å². The fourth-order valence-electron chi connectivity index (χ4n) is 2.95. The zero-order valence-corrected chi connectivity index (χ0v) is 17.7. The van der Waals surface area contributed by atoms with Gasteiger partial charge in [0.15, 0.2) is 5.65 Å². The van der Waals surface area contributed by atoms with Gasteiger partial charge in [-0.25, -0.2) is 9.50 Å². The number of rotatable bonds is 7. The van der Waals surface area contributed by atoms with E-state index in [4.69, 9.17) is 14.6 Å². The first-order chi connectivity index (χ1) is 13.8. The molecule has 2 aromatic heterocycles. The molecule has 154 valence electrons. The van der Waals surface area contributed by atoms with Crippen molar-refractivity contribution >= 4 is 11.6 Å². The fourth-order valence-corrected chi connectivity index (χ4v) is 2.95. The highest BCUT2D eigenvalue weighted by molar-refractivity contribution is 5.94. The first-order valence-electron chi connectivity index (χ1n) is 9.66. The van der Waals surface area contributed by atoms with Gasteiger partial charge in [-0.15, -0.1) is 0 Å². The molecule has 0 aliphatic carbocycles. The molecule has 0 unspecified atom stereocenters. The minimum absolute atomic E-state index is 0.137. The molecular formula is C22H28N4O3. The number of nitrogens with zero attached hydrogens (tertiary/aromatic N) is 3. The zero-order chi connectivity index (χ0) is 21.0. The molecule has 7 nitrogen and oxygen atoms in total. The van der Waals surface area contributed by atoms with Gasteiger partial charge >= 0.3 is 0 Å². The Kier molecular flexibility index (Phi) is 6.17. The summed E-state index contributed by atoms with van der Waals surface area (Å²) in [4.78, 5) is 17.3. The smallest absolute Gasteiger partial charge is 0.270 e. The SMILES string of the molecule is COCCCNC(=O)c1cc(-c2cccc(OC)c2)n2nc(C(C)(C)C)cc2n1. The Morgan fingerprint density at radius 2 is 1.97 bits per heavy atom. The molecule has 0 aliphatic rings. The fraction of sp³-hybridized carbons (Fsp3) is 0.409. The lowest BCUT2D eigenvalue weighted by molar-refractivity contribution is 0.0944. The second-order valence-electron chi connectivity index (χ2n) is 7.91. The quantitative estimate of drug-likeness (QED) is 0.619. The van der Waals surface area contributed by atoms with Crippen molar-refractivity contribution < 1.29 is 14.3 Å². The molecule has 2 heterocycles. The van der Waals surface area contributed by atoms with E-state index in [0.717, 1.165) is 29.1 Å². The third-order valence-electron chi connectivity index (χ3n) is 4.60. The summed E-state index contributed by atoms with van der Waals surface area (Å²) >= 11 is 0. The predicted molar refractivity (Wildman–Crippen MR) is 113 cm³/mol. The molecule has 0 saturated heterocycles. The third kappa shape index (κ3) is 4.74. The van der Waals surface area contributed by atoms with Crippen LogP contribution >= 0.6 is 0 Å². The van der Waals surface area contributed by atoms with Crippen molar-refractivity contribution in [3.63, 3.8) is 0 Å². The molecule has 3 rings (SSSR count). The van der Waals surface area contributed by atoms with Crippen molar-refractivity contribution in [1.82, 2.24) is 19.9 Å². The number of hydrogen-bond donors (Lipinski definition) is 1. The van der Waals surface area contributed by atoms with Gasteiger partial charge in [-0.3, -0.25) is 4.79 Å². The number of fused-ring (bicyclic) bond motifs is 1. The highest BCUT2D eigenvalue weighted by atomic mass is 16.5. The van der Waals surface area contributed by atoms with Gasteiger partial charge in [-0.2, -0.15) is 5.10 Å². The lowest BCUT2D eigenvalue weighted by Gasteiger charge is -2.14. The van der Waals surface area contributed by atoms with Gasteiger partial charge < -0.3 is 14.8 Å². The molecule has 0 bridgehead atoms. The highest BCUT2D eigenvalue weighted by Crippen LogP contribution is 2.28. The van der Waals surface area contributed by atoms with Gasteiger partial charge in [-0.05, 0) is 24.6 Å². The van der Waals surface area contributed by atoms with E-state index in [1.165, 1.54) is 0 Å². The highest BCUT2D eigenvalue weighted by Gasteiger charge is 2.21. The molecule has 0 radical (unpaired) electrons. The summed E-state index contributed by atoms with van der Waals surface area (Å²) in [5.41, 5.74) is 3.44. The Morgan fingerprint density at radius 1 is 1.17 bits per heavy atom. The molecule has 1 N–H and O–H groups in total. The number of ether oxygens (including phenoxy) is 2. The van der Waals surface area contributed by atoms with Crippen molar-refractivity contribution in [3.05, 3.63) is 47.8 Å². The van der Waals surface area contributed by atoms with Crippen LogP contribution in [0.25, 0.3) is 16.9 Å². The van der Waals surface area contributed by atoms with Crippen molar-refractivity contribution in [1.29, 1.82) is 0 Å². The number of hydrogen-bond acceptors (Lipinski definition) is 5. The summed E-state index contributed by atoms with van der Waals surface area (Å²) < 4.78 is 12.2. The van der Waals surface area contributed by atoms with E-state index < -0.39 is 0 Å². The Morgan fingerprint density at radius 3 is 2.66 bits per heavy atom. The largest absolute Gasteiger partial charge is 0.497 e. The van der Waals surface area contributed by atoms with Gasteiger partial charge in [0.25, 0.3) is 5.91 Å². The molecule has 3 aromatic rings. The second kappa shape index (κ2) is 8.61. The monoisotopic (exact) mass is 396 g/mol. The normalized spacial score (nSPS) is 11.6. The van der Waals surface area contributed by atoms with Crippen molar-refractivity contribution in [2.45, 2.75) is 32.6 Å². The minimum Gasteiger partial charge on any atom is -0.497 e. The standard InChI is InChI=1S/C22H28N4O3/c1-22(2,3)19-14-20-24-17(21(27)23-10-7-11-28-4)13-18(26(20)25-19)15-8-6-9-16(12-15)29-5/h6,8-9,12-14H,7,10-11H2,1-5H3,(H,23,27). The van der Waals surface area contributed by atoms with Crippen LogP contribution in [0.3, 0.4) is 0 Å². The maximum absolute atomic E-state index is 12.7. The first-order valence-corrected chi connectivity index (χ1v) is 9.66. The molecule has 0 fully saturated rings. The van der Waals surface area contributed by atoms with Gasteiger partial charge in [0, 0.05) is 37.3 Å². The Hall–Kier alpha value is -2.93. The minimum atomic E-state index is -0.216. The number of methoxy groups -OCH3 is 2. The number of carbonyl (C=O) groups excluding carboxylic acids is 1. The molecule has 1 amide bonds. The van der Waals surface area contributed by atoms with Crippen LogP contribution in [0.2, 0.25) is 0 Å². The van der Waals surface area contributed by atoms with Crippen molar-refractivity contribution in [2.24, 2.45) is 0 Å². The molecule has 0 saturated carbocycles. The number of amides is 1. The van der Waals surface area contributed by atoms with Crippen LogP contribution in [0, 0.1) is 0 Å². The van der Waals surface area contributed by atoms with E-state index in [0.29, 0.717) is 24.5 Å². The van der Waals surface area contributed by atoms with Crippen LogP contribution in [-0.4, -0.2) is 47.9 Å². The lowest BCUT2D eigenvalue weighted by atomic mass is 9.93. The molecule has 29 heavy (non-hydrogen) atoms. The maximum Gasteiger partial charge on any atom is 0.270 e. The topological polar surface area (TPSA) is 77.8 Å². The van der Waals surface area contributed by atoms with E-state index in [9.17, 15) is 4.79 Å². The summed E-state index contributed by atoms with van der Waals surface area (Å²) in [6.07, 6.45) is 0.744. The summed E-state index contributed by atoms with van der Waals surface area (Å²) in [6, 6.07) is 11.4. The number of aromatic nitrogens is 3. The van der Waals surface area contributed by atoms with E-state index in [-0.39, 0.29) is 11.3 Å². The molecule has 0 aliphatic heterocycles. The van der Waals surface area contributed by atoms with Gasteiger partial charge in [0.1, 0.15) is 11.4 Å². The molecule has 0 spiro atoms. The zero-order valence-electron chi connectivity index (χ0n) is 17.7. The van der Waals surface area contributed by atoms with Gasteiger partial charge in [0.05, 0.1) is 18.5 Å². The summed E-state index contributed by atoms with van der Waals surface area (Å²) in [5.74, 6) is 0.521. The van der Waals surface area contributed by atoms with Gasteiger partial charge in [0.2, 0.25) is 0 Å². The van der Waals surface area contributed by atoms with Crippen LogP contribution < -0.4 is 10.1 Å². The third-order valence-corrected chi connectivity index (χ3v) is 4.60. The average molecular weight is 396 g/mol. The molecule has 1 aromatic carbocycles. The van der Waals surface area contributed by atoms with E-state index in [2.05, 4.69) is 31.1 Å². The maximum atomic E-state index is 12.7. The van der Waals surface area contributed by atoms with Crippen LogP contribution in [0.1, 0.15) is 43.4 Å². The first kappa shape index (κ1) is 20.8. The summed E-state index contributed by atoms with van der Waals surface area (Å²) in [5, 5.41) is 7.67. The second-order valence-corrected chi connectivity index (χ2v) is 7.91. The average Bonchev–Trinajstić information content (AvgIpc) is 3.15. The van der Waals surface area contributed by atoms with E-state index in [1.54, 1.807) is 24.8 Å². The Balaban J connectivity index is 2.08. The van der Waals surface area contributed by atoms with Crippen molar-refractivity contribution in [3.8, 4) is 17.0 Å². The molecule has 0 atom stereocenters. The number of nitrogens with one attached hydrogen (secondary N) is 1. The molecule has 7 heteroatoms. The summed E-state index contributed by atoms with van der Waals surface area (Å²) in [6.45, 7) is 7.43. The van der Waals surface area contributed by atoms with Crippen LogP contribution in [-0.2, 0) is 10.2 Å². The molecular weight excluding hydrogens is 368 g/mol. The van der Waals surface area contributed by atoms with E-state index >= 15 is 0 Å². The predicted octanol–water partition coefficient (Wildman–Crippen LogP) is 3.47. The summed E-state index contributed by atoms with van der Waals surface area (Å²) in [7, 11) is 3.27. The Bertz CT molecular complexity index is 1000. The lowest BCUT2D eigenvalue weighted by Crippen LogP contribution is -2.26. The number of carbonyl (C=O) groups is 1. The van der Waals surface area contributed by atoms with Crippen LogP contribution in [0.5, 0.6) is 5.75 Å².